The number of aryl methyl sites for hydroxylation is 1. The molecule has 5 heterocycles. The number of hydrogen-bond acceptors (Lipinski definition) is 12. The van der Waals surface area contributed by atoms with Gasteiger partial charge in [-0.15, -0.1) is 4.91 Å². The number of H-pyrrole nitrogens is 1. The quantitative estimate of drug-likeness (QED) is 0.0924. The Morgan fingerprint density at radius 3 is 2.47 bits per heavy atom. The van der Waals surface area contributed by atoms with E-state index >= 15 is 0 Å². The van der Waals surface area contributed by atoms with Crippen molar-refractivity contribution in [2.24, 2.45) is 17.2 Å². The Hall–Kier alpha value is -4.01. The van der Waals surface area contributed by atoms with Crippen LogP contribution in [0.2, 0.25) is 0 Å². The number of esters is 1. The summed E-state index contributed by atoms with van der Waals surface area (Å²) in [6.45, 7) is 13.2. The SMILES string of the molecule is CC.CCC1(O)CNCCc2c([nH]c3ccccc23)CCC(C)C1.CNC.COC(C)=O.COc1ccc2c(c1)N(C)C1C(ON=O)C(O)C3C=CCN4CCC21C34. The monoisotopic (exact) mass is 807 g/mol. The van der Waals surface area contributed by atoms with E-state index in [-0.39, 0.29) is 29.4 Å². The van der Waals surface area contributed by atoms with Crippen molar-refractivity contribution in [3.05, 3.63) is 76.3 Å². The molecule has 58 heavy (non-hydrogen) atoms. The van der Waals surface area contributed by atoms with Crippen molar-refractivity contribution in [2.45, 2.75) is 108 Å². The average molecular weight is 807 g/mol. The van der Waals surface area contributed by atoms with E-state index in [9.17, 15) is 19.9 Å². The highest BCUT2D eigenvalue weighted by atomic mass is 16.7. The summed E-state index contributed by atoms with van der Waals surface area (Å²) in [7, 11) is 8.77. The first-order valence-corrected chi connectivity index (χ1v) is 21.1. The van der Waals surface area contributed by atoms with Crippen LogP contribution in [0.4, 0.5) is 5.69 Å². The first-order valence-electron chi connectivity index (χ1n) is 21.1. The molecule has 1 saturated heterocycles. The Morgan fingerprint density at radius 2 is 1.81 bits per heavy atom. The average Bonchev–Trinajstić information content (AvgIpc) is 3.88. The molecule has 2 aromatic carbocycles. The molecule has 4 aliphatic heterocycles. The first-order chi connectivity index (χ1) is 27.9. The van der Waals surface area contributed by atoms with Gasteiger partial charge in [-0.2, -0.15) is 0 Å². The fourth-order valence-corrected chi connectivity index (χ4v) is 9.95. The summed E-state index contributed by atoms with van der Waals surface area (Å²) >= 11 is 0. The van der Waals surface area contributed by atoms with Crippen LogP contribution in [0.15, 0.2) is 60.0 Å². The second kappa shape index (κ2) is 21.3. The summed E-state index contributed by atoms with van der Waals surface area (Å²) in [5, 5.41) is 32.1. The molecule has 8 atom stereocenters. The van der Waals surface area contributed by atoms with Gasteiger partial charge in [-0.05, 0) is 94.9 Å². The number of β-amino-alcohol motifs (C(OH)–C–C–N with tert-alkyl or cyclic N) is 1. The number of fused-ring (bicyclic) bond motifs is 4. The zero-order valence-electron chi connectivity index (χ0n) is 36.5. The fourth-order valence-electron chi connectivity index (χ4n) is 9.95. The van der Waals surface area contributed by atoms with E-state index in [4.69, 9.17) is 9.57 Å². The number of benzene rings is 2. The zero-order chi connectivity index (χ0) is 42.6. The molecule has 5 N–H and O–H groups in total. The third-order valence-electron chi connectivity index (χ3n) is 12.5. The molecule has 8 rings (SSSR count). The number of aliphatic hydroxyl groups excluding tert-OH is 1. The van der Waals surface area contributed by atoms with Crippen LogP contribution in [0, 0.1) is 16.7 Å². The van der Waals surface area contributed by atoms with Gasteiger partial charge in [0.25, 0.3) is 0 Å². The van der Waals surface area contributed by atoms with Crippen LogP contribution in [0.1, 0.15) is 77.1 Å². The van der Waals surface area contributed by atoms with Crippen molar-refractivity contribution in [3.8, 4) is 5.75 Å². The fraction of sp³-hybridized carbons (Fsp3) is 0.622. The Labute approximate surface area is 345 Å². The molecule has 8 unspecified atom stereocenters. The molecule has 322 valence electrons. The number of methoxy groups -OCH3 is 2. The van der Waals surface area contributed by atoms with E-state index in [0.29, 0.717) is 12.5 Å². The van der Waals surface area contributed by atoms with Crippen molar-refractivity contribution in [2.75, 3.05) is 66.4 Å². The number of hydrogen-bond donors (Lipinski definition) is 5. The second-order valence-electron chi connectivity index (χ2n) is 16.0. The minimum atomic E-state index is -0.772. The predicted molar refractivity (Wildman–Crippen MR) is 232 cm³/mol. The van der Waals surface area contributed by atoms with Crippen molar-refractivity contribution in [1.29, 1.82) is 0 Å². The normalized spacial score (nSPS) is 29.3. The van der Waals surface area contributed by atoms with E-state index in [1.165, 1.54) is 41.8 Å². The molecule has 1 saturated carbocycles. The number of aliphatic hydroxyl groups is 2. The van der Waals surface area contributed by atoms with E-state index in [1.54, 1.807) is 7.11 Å². The first kappa shape index (κ1) is 46.7. The zero-order valence-corrected chi connectivity index (χ0v) is 36.5. The van der Waals surface area contributed by atoms with Crippen molar-refractivity contribution in [1.82, 2.24) is 20.5 Å². The maximum atomic E-state index is 11.0. The highest BCUT2D eigenvalue weighted by molar-refractivity contribution is 5.84. The maximum absolute atomic E-state index is 11.0. The Morgan fingerprint density at radius 1 is 1.10 bits per heavy atom. The number of rotatable bonds is 4. The summed E-state index contributed by atoms with van der Waals surface area (Å²) in [5.41, 5.74) is 5.68. The van der Waals surface area contributed by atoms with E-state index in [0.717, 1.165) is 69.6 Å². The second-order valence-corrected chi connectivity index (χ2v) is 16.0. The molecule has 2 fully saturated rings. The number of nitrogens with zero attached hydrogens (tertiary/aromatic N) is 3. The number of ether oxygens (including phenoxy) is 2. The highest BCUT2D eigenvalue weighted by Gasteiger charge is 2.69. The number of anilines is 1. The minimum Gasteiger partial charge on any atom is -0.497 e. The number of aromatic amines is 1. The van der Waals surface area contributed by atoms with Crippen molar-refractivity contribution >= 4 is 22.6 Å². The lowest BCUT2D eigenvalue weighted by Crippen LogP contribution is -2.69. The number of aromatic nitrogens is 1. The van der Waals surface area contributed by atoms with Crippen LogP contribution in [0.5, 0.6) is 5.75 Å². The molecule has 3 aromatic rings. The molecular weight excluding hydrogens is 737 g/mol. The van der Waals surface area contributed by atoms with E-state index < -0.39 is 17.8 Å². The molecule has 1 aliphatic carbocycles. The number of carbonyl (C=O) groups is 1. The molecule has 1 aromatic heterocycles. The van der Waals surface area contributed by atoms with Crippen molar-refractivity contribution < 1.29 is 29.3 Å². The van der Waals surface area contributed by atoms with Crippen LogP contribution in [-0.4, -0.2) is 118 Å². The van der Waals surface area contributed by atoms with Gasteiger partial charge in [0.2, 0.25) is 0 Å². The summed E-state index contributed by atoms with van der Waals surface area (Å²) in [6, 6.07) is 14.8. The van der Waals surface area contributed by atoms with Gasteiger partial charge in [-0.25, -0.2) is 0 Å². The Bertz CT molecular complexity index is 1800. The van der Waals surface area contributed by atoms with E-state index in [2.05, 4.69) is 91.8 Å². The smallest absolute Gasteiger partial charge is 0.302 e. The van der Waals surface area contributed by atoms with Gasteiger partial charge in [0.05, 0.1) is 25.9 Å². The van der Waals surface area contributed by atoms with Gasteiger partial charge in [-0.1, -0.05) is 64.1 Å². The molecule has 0 bridgehead atoms. The third kappa shape index (κ3) is 9.71. The molecule has 1 spiro atoms. The van der Waals surface area contributed by atoms with E-state index in [1.807, 2.05) is 47.1 Å². The third-order valence-corrected chi connectivity index (χ3v) is 12.5. The lowest BCUT2D eigenvalue weighted by molar-refractivity contribution is -0.137. The molecule has 0 radical (unpaired) electrons. The standard InChI is InChI=1S/C19H23N3O4.C19H28N2O.C3H6O2.C2H7N.C2H6/c1-21-14-10-11(25-2)5-6-13(14)19-7-9-22-8-3-4-12(17(19)22)15(23)16(18(19)21)26-20-24;1-3-19(22)12-14(2)8-9-18-16(10-11-20-13-19)15-6-4-5-7-17(15)21-18;1-3(4)5-2;1-3-2;1-2/h3-6,10,12,15-18,23H,7-9H2,1-2H3;4-7,14,20-22H,3,8-13H2,1-2H3;1-2H3;3H,1-2H3;1-2H3. The predicted octanol–water partition coefficient (Wildman–Crippen LogP) is 5.91. The molecule has 13 nitrogen and oxygen atoms in total. The number of carbonyl (C=O) groups excluding carboxylic acids is 1. The van der Waals surface area contributed by atoms with Gasteiger partial charge < -0.3 is 45.0 Å². The molecular formula is C45H70N6O7. The van der Waals surface area contributed by atoms with Crippen LogP contribution < -0.4 is 20.3 Å². The summed E-state index contributed by atoms with van der Waals surface area (Å²) in [4.78, 5) is 34.1. The number of likely N-dealkylation sites (N-methyl/N-ethyl adjacent to an activating group) is 1. The van der Waals surface area contributed by atoms with Gasteiger partial charge >= 0.3 is 5.97 Å². The maximum Gasteiger partial charge on any atom is 0.302 e. The Kier molecular flexibility index (Phi) is 17.1. The summed E-state index contributed by atoms with van der Waals surface area (Å²) < 4.78 is 9.53. The molecule has 5 aliphatic rings. The largest absolute Gasteiger partial charge is 0.497 e. The van der Waals surface area contributed by atoms with Crippen LogP contribution in [-0.2, 0) is 32.6 Å². The lowest BCUT2D eigenvalue weighted by Gasteiger charge is -2.54. The minimum absolute atomic E-state index is 0.0734. The van der Waals surface area contributed by atoms with Crippen LogP contribution in [0.3, 0.4) is 0 Å². The topological polar surface area (TPSA) is 161 Å². The lowest BCUT2D eigenvalue weighted by atomic mass is 9.58. The summed E-state index contributed by atoms with van der Waals surface area (Å²) in [6.07, 6.45) is 8.66. The van der Waals surface area contributed by atoms with Gasteiger partial charge in [0.15, 0.2) is 11.4 Å². The molecule has 0 amide bonds. The van der Waals surface area contributed by atoms with Gasteiger partial charge in [-0.3, -0.25) is 9.69 Å². The van der Waals surface area contributed by atoms with Crippen LogP contribution in [0.25, 0.3) is 10.9 Å². The van der Waals surface area contributed by atoms with Crippen molar-refractivity contribution in [3.63, 3.8) is 0 Å². The van der Waals surface area contributed by atoms with Gasteiger partial charge in [0, 0.05) is 72.8 Å². The number of para-hydroxylation sites is 1. The number of nitrogens with one attached hydrogen (secondary N) is 3. The highest BCUT2D eigenvalue weighted by Crippen LogP contribution is 2.60. The molecule has 13 heteroatoms. The van der Waals surface area contributed by atoms with Gasteiger partial charge in [0.1, 0.15) is 11.9 Å². The van der Waals surface area contributed by atoms with Crippen LogP contribution >= 0.6 is 0 Å². The Balaban J connectivity index is 0.000000212. The summed E-state index contributed by atoms with van der Waals surface area (Å²) in [5.74, 6) is 1.01.